The highest BCUT2D eigenvalue weighted by Gasteiger charge is 2.33. The van der Waals surface area contributed by atoms with Gasteiger partial charge in [0, 0.05) is 10.9 Å². The molecule has 0 bridgehead atoms. The quantitative estimate of drug-likeness (QED) is 0.712. The maximum Gasteiger partial charge on any atom is 0.136 e. The zero-order valence-corrected chi connectivity index (χ0v) is 17.0. The minimum absolute atomic E-state index is 0.356. The molecule has 0 amide bonds. The molecule has 0 saturated heterocycles. The molecule has 0 aliphatic carbocycles. The summed E-state index contributed by atoms with van der Waals surface area (Å²) in [5.74, 6) is 0.911. The van der Waals surface area contributed by atoms with E-state index >= 15 is 0 Å². The van der Waals surface area contributed by atoms with Gasteiger partial charge in [-0.3, -0.25) is 0 Å². The van der Waals surface area contributed by atoms with Gasteiger partial charge in [-0.2, -0.15) is 0 Å². The molecule has 2 nitrogen and oxygen atoms in total. The Morgan fingerprint density at radius 3 is 1.88 bits per heavy atom. The van der Waals surface area contributed by atoms with E-state index in [1.807, 2.05) is 13.8 Å². The van der Waals surface area contributed by atoms with Crippen molar-refractivity contribution in [2.75, 3.05) is 0 Å². The van der Waals surface area contributed by atoms with Gasteiger partial charge >= 0.3 is 0 Å². The lowest BCUT2D eigenvalue weighted by atomic mass is 9.79. The minimum Gasteiger partial charge on any atom is -0.482 e. The fourth-order valence-corrected chi connectivity index (χ4v) is 4.27. The highest BCUT2D eigenvalue weighted by molar-refractivity contribution is 6.02. The molecule has 1 heterocycles. The number of benzene rings is 2. The van der Waals surface area contributed by atoms with Crippen molar-refractivity contribution in [1.29, 1.82) is 0 Å². The summed E-state index contributed by atoms with van der Waals surface area (Å²) < 4.78 is 6.46. The third kappa shape index (κ3) is 2.58. The summed E-state index contributed by atoms with van der Waals surface area (Å²) >= 11 is 0. The van der Waals surface area contributed by atoms with Crippen LogP contribution >= 0.6 is 0 Å². The van der Waals surface area contributed by atoms with Gasteiger partial charge in [0.25, 0.3) is 0 Å². The standard InChI is InChI=1S/C23H30O2/c1-12-13(2)15(4)19-18(14(12)3)16(5)20(23(8,9)24)17-10-11-22(6,7)25-21(17)19/h10-11,24H,1-9H3. The molecule has 0 fully saturated rings. The van der Waals surface area contributed by atoms with Gasteiger partial charge in [-0.25, -0.2) is 0 Å². The molecule has 2 aromatic rings. The van der Waals surface area contributed by atoms with Crippen molar-refractivity contribution in [2.24, 2.45) is 0 Å². The maximum atomic E-state index is 10.9. The number of aliphatic hydroxyl groups is 1. The molecule has 0 saturated carbocycles. The van der Waals surface area contributed by atoms with E-state index in [0.717, 1.165) is 22.4 Å². The summed E-state index contributed by atoms with van der Waals surface area (Å²) in [6.45, 7) is 18.7. The smallest absolute Gasteiger partial charge is 0.136 e. The second kappa shape index (κ2) is 5.35. The van der Waals surface area contributed by atoms with Gasteiger partial charge in [-0.15, -0.1) is 0 Å². The van der Waals surface area contributed by atoms with Crippen molar-refractivity contribution in [3.63, 3.8) is 0 Å². The molecule has 1 aliphatic heterocycles. The average Bonchev–Trinajstić information content (AvgIpc) is 2.48. The SMILES string of the molecule is Cc1c(C)c(C)c2c3c(c(C(C)(C)O)c(C)c2c1C)C=CC(C)(C)O3. The molecular formula is C23H30O2. The molecule has 0 atom stereocenters. The molecule has 2 aromatic carbocycles. The van der Waals surface area contributed by atoms with Crippen LogP contribution in [0.2, 0.25) is 0 Å². The van der Waals surface area contributed by atoms with Crippen LogP contribution in [0.5, 0.6) is 5.75 Å². The van der Waals surface area contributed by atoms with Crippen LogP contribution in [0.25, 0.3) is 16.8 Å². The van der Waals surface area contributed by atoms with Crippen LogP contribution in [-0.4, -0.2) is 10.7 Å². The Balaban J connectivity index is 2.64. The second-order valence-electron chi connectivity index (χ2n) is 8.59. The van der Waals surface area contributed by atoms with Gasteiger partial charge in [-0.1, -0.05) is 6.08 Å². The first kappa shape index (κ1) is 18.0. The van der Waals surface area contributed by atoms with E-state index in [1.54, 1.807) is 0 Å². The van der Waals surface area contributed by atoms with E-state index in [-0.39, 0.29) is 5.60 Å². The second-order valence-corrected chi connectivity index (χ2v) is 8.59. The Morgan fingerprint density at radius 2 is 1.36 bits per heavy atom. The zero-order valence-electron chi connectivity index (χ0n) is 17.0. The molecule has 2 heteroatoms. The molecule has 3 rings (SSSR count). The van der Waals surface area contributed by atoms with E-state index < -0.39 is 5.60 Å². The van der Waals surface area contributed by atoms with E-state index in [9.17, 15) is 5.11 Å². The van der Waals surface area contributed by atoms with Gasteiger partial charge in [0.2, 0.25) is 0 Å². The summed E-state index contributed by atoms with van der Waals surface area (Å²) in [7, 11) is 0. The van der Waals surface area contributed by atoms with Crippen molar-refractivity contribution in [1.82, 2.24) is 0 Å². The molecule has 134 valence electrons. The van der Waals surface area contributed by atoms with E-state index in [2.05, 4.69) is 60.6 Å². The third-order valence-corrected chi connectivity index (χ3v) is 5.81. The normalized spacial score (nSPS) is 16.1. The maximum absolute atomic E-state index is 10.9. The zero-order chi connectivity index (χ0) is 18.9. The Morgan fingerprint density at radius 1 is 0.840 bits per heavy atom. The van der Waals surface area contributed by atoms with Gasteiger partial charge < -0.3 is 9.84 Å². The van der Waals surface area contributed by atoms with Crippen molar-refractivity contribution in [2.45, 2.75) is 73.5 Å². The van der Waals surface area contributed by atoms with Crippen LogP contribution in [0.3, 0.4) is 0 Å². The summed E-state index contributed by atoms with van der Waals surface area (Å²) in [6, 6.07) is 0. The average molecular weight is 338 g/mol. The van der Waals surface area contributed by atoms with E-state index in [4.69, 9.17) is 4.74 Å². The lowest BCUT2D eigenvalue weighted by molar-refractivity contribution is 0.0766. The summed E-state index contributed by atoms with van der Waals surface area (Å²) in [4.78, 5) is 0. The van der Waals surface area contributed by atoms with Crippen LogP contribution in [0.15, 0.2) is 6.08 Å². The van der Waals surface area contributed by atoms with Crippen LogP contribution < -0.4 is 4.74 Å². The predicted octanol–water partition coefficient (Wildman–Crippen LogP) is 5.79. The number of rotatable bonds is 1. The van der Waals surface area contributed by atoms with Crippen molar-refractivity contribution < 1.29 is 9.84 Å². The molecule has 0 unspecified atom stereocenters. The fraction of sp³-hybridized carbons (Fsp3) is 0.478. The monoisotopic (exact) mass is 338 g/mol. The van der Waals surface area contributed by atoms with E-state index in [1.165, 1.54) is 33.0 Å². The molecule has 0 spiro atoms. The molecular weight excluding hydrogens is 308 g/mol. The van der Waals surface area contributed by atoms with Crippen LogP contribution in [0.4, 0.5) is 0 Å². The Kier molecular flexibility index (Phi) is 3.85. The number of fused-ring (bicyclic) bond motifs is 3. The van der Waals surface area contributed by atoms with Crippen LogP contribution in [-0.2, 0) is 5.60 Å². The third-order valence-electron chi connectivity index (χ3n) is 5.81. The van der Waals surface area contributed by atoms with Gasteiger partial charge in [0.15, 0.2) is 0 Å². The Hall–Kier alpha value is -1.80. The number of aryl methyl sites for hydroxylation is 3. The number of ether oxygens (including phenoxy) is 1. The molecule has 1 N–H and O–H groups in total. The molecule has 0 radical (unpaired) electrons. The predicted molar refractivity (Wildman–Crippen MR) is 107 cm³/mol. The molecule has 1 aliphatic rings. The highest BCUT2D eigenvalue weighted by atomic mass is 16.5. The topological polar surface area (TPSA) is 29.5 Å². The lowest BCUT2D eigenvalue weighted by Crippen LogP contribution is -2.30. The van der Waals surface area contributed by atoms with Crippen LogP contribution in [0.1, 0.15) is 66.6 Å². The highest BCUT2D eigenvalue weighted by Crippen LogP contribution is 2.48. The van der Waals surface area contributed by atoms with Crippen molar-refractivity contribution in [3.8, 4) is 5.75 Å². The van der Waals surface area contributed by atoms with Gasteiger partial charge in [-0.05, 0) is 107 Å². The lowest BCUT2D eigenvalue weighted by Gasteiger charge is -2.35. The number of hydrogen-bond donors (Lipinski definition) is 1. The summed E-state index contributed by atoms with van der Waals surface area (Å²) in [6.07, 6.45) is 4.21. The fourth-order valence-electron chi connectivity index (χ4n) is 4.27. The number of hydrogen-bond acceptors (Lipinski definition) is 2. The first-order valence-corrected chi connectivity index (χ1v) is 9.04. The molecule has 25 heavy (non-hydrogen) atoms. The Bertz CT molecular complexity index is 922. The van der Waals surface area contributed by atoms with E-state index in [0.29, 0.717) is 0 Å². The first-order valence-electron chi connectivity index (χ1n) is 9.04. The largest absolute Gasteiger partial charge is 0.482 e. The summed E-state index contributed by atoms with van der Waals surface area (Å²) in [5, 5.41) is 13.3. The Labute approximate surface area is 151 Å². The van der Waals surface area contributed by atoms with Crippen molar-refractivity contribution >= 4 is 16.8 Å². The minimum atomic E-state index is -0.934. The first-order chi connectivity index (χ1) is 11.4. The molecule has 0 aromatic heterocycles. The van der Waals surface area contributed by atoms with Crippen molar-refractivity contribution in [3.05, 3.63) is 45.0 Å². The van der Waals surface area contributed by atoms with Crippen LogP contribution in [0, 0.1) is 34.6 Å². The summed E-state index contributed by atoms with van der Waals surface area (Å²) in [5.41, 5.74) is 7.03. The van der Waals surface area contributed by atoms with Gasteiger partial charge in [0.05, 0.1) is 5.60 Å². The van der Waals surface area contributed by atoms with Gasteiger partial charge in [0.1, 0.15) is 11.4 Å².